The van der Waals surface area contributed by atoms with E-state index in [0.29, 0.717) is 0 Å². The number of rotatable bonds is 4. The van der Waals surface area contributed by atoms with E-state index in [4.69, 9.17) is 0 Å². The van der Waals surface area contributed by atoms with E-state index in [1.54, 1.807) is 0 Å². The van der Waals surface area contributed by atoms with Gasteiger partial charge in [-0.3, -0.25) is 0 Å². The maximum Gasteiger partial charge on any atom is 0.139 e. The molecule has 0 saturated heterocycles. The van der Waals surface area contributed by atoms with Crippen LogP contribution in [0.25, 0.3) is 11.1 Å². The fraction of sp³-hybridized carbons (Fsp3) is 0. The van der Waals surface area contributed by atoms with Gasteiger partial charge in [0, 0.05) is 17.1 Å². The highest BCUT2D eigenvalue weighted by Gasteiger charge is 2.11. The molecule has 0 atom stereocenters. The molecule has 0 saturated carbocycles. The van der Waals surface area contributed by atoms with Crippen molar-refractivity contribution in [3.63, 3.8) is 0 Å². The van der Waals surface area contributed by atoms with Crippen LogP contribution in [0.1, 0.15) is 0 Å². The second-order valence-electron chi connectivity index (χ2n) is 6.42. The molecule has 26 heavy (non-hydrogen) atoms. The molecule has 0 N–H and O–H groups in total. The molecule has 0 spiro atoms. The number of hydrogen-bond acceptors (Lipinski definition) is 1. The monoisotopic (exact) mass is 333 g/mol. The molecule has 0 aromatic heterocycles. The molecule has 0 aliphatic rings. The van der Waals surface area contributed by atoms with Gasteiger partial charge < -0.3 is 4.90 Å². The van der Waals surface area contributed by atoms with Crippen molar-refractivity contribution in [3.05, 3.63) is 109 Å². The third kappa shape index (κ3) is 3.40. The van der Waals surface area contributed by atoms with Crippen molar-refractivity contribution in [1.82, 2.24) is 0 Å². The SMILES string of the molecule is Bc1cccc(-c2ccc(N(c3ccccc3)c3ccccc3)cc2)c1. The predicted molar refractivity (Wildman–Crippen MR) is 115 cm³/mol. The van der Waals surface area contributed by atoms with Crippen LogP contribution < -0.4 is 10.4 Å². The average Bonchev–Trinajstić information content (AvgIpc) is 2.70. The van der Waals surface area contributed by atoms with Crippen LogP contribution in [0.2, 0.25) is 0 Å². The van der Waals surface area contributed by atoms with Crippen molar-refractivity contribution in [2.75, 3.05) is 4.90 Å². The van der Waals surface area contributed by atoms with Gasteiger partial charge >= 0.3 is 0 Å². The summed E-state index contributed by atoms with van der Waals surface area (Å²) in [5.74, 6) is 0. The fourth-order valence-corrected chi connectivity index (χ4v) is 3.23. The average molecular weight is 333 g/mol. The summed E-state index contributed by atoms with van der Waals surface area (Å²) in [7, 11) is 2.13. The lowest BCUT2D eigenvalue weighted by atomic mass is 9.92. The molecule has 4 aromatic rings. The van der Waals surface area contributed by atoms with Gasteiger partial charge in [0.1, 0.15) is 7.85 Å². The van der Waals surface area contributed by atoms with Crippen LogP contribution in [-0.4, -0.2) is 7.85 Å². The first-order chi connectivity index (χ1) is 12.8. The fourth-order valence-electron chi connectivity index (χ4n) is 3.23. The summed E-state index contributed by atoms with van der Waals surface area (Å²) in [5, 5.41) is 0. The lowest BCUT2D eigenvalue weighted by Gasteiger charge is -2.25. The van der Waals surface area contributed by atoms with Crippen LogP contribution >= 0.6 is 0 Å². The van der Waals surface area contributed by atoms with Gasteiger partial charge in [0.25, 0.3) is 0 Å². The second kappa shape index (κ2) is 7.32. The van der Waals surface area contributed by atoms with Crippen LogP contribution in [0, 0.1) is 0 Å². The number of para-hydroxylation sites is 2. The van der Waals surface area contributed by atoms with E-state index in [0.717, 1.165) is 17.1 Å². The summed E-state index contributed by atoms with van der Waals surface area (Å²) in [4.78, 5) is 2.28. The Balaban J connectivity index is 1.75. The lowest BCUT2D eigenvalue weighted by Crippen LogP contribution is -2.09. The zero-order valence-electron chi connectivity index (χ0n) is 14.8. The Morgan fingerprint density at radius 3 is 1.54 bits per heavy atom. The largest absolute Gasteiger partial charge is 0.311 e. The smallest absolute Gasteiger partial charge is 0.139 e. The van der Waals surface area contributed by atoms with Gasteiger partial charge in [0.15, 0.2) is 0 Å². The molecule has 0 bridgehead atoms. The summed E-state index contributed by atoms with van der Waals surface area (Å²) in [6, 6.07) is 38.4. The summed E-state index contributed by atoms with van der Waals surface area (Å²) in [5.41, 5.74) is 7.23. The first-order valence-electron chi connectivity index (χ1n) is 8.88. The van der Waals surface area contributed by atoms with Crippen LogP contribution in [0.5, 0.6) is 0 Å². The Kier molecular flexibility index (Phi) is 4.57. The second-order valence-corrected chi connectivity index (χ2v) is 6.42. The minimum absolute atomic E-state index is 1.15. The normalized spacial score (nSPS) is 10.5. The molecule has 0 fully saturated rings. The van der Waals surface area contributed by atoms with Crippen molar-refractivity contribution in [3.8, 4) is 11.1 Å². The van der Waals surface area contributed by atoms with Crippen LogP contribution in [0.4, 0.5) is 17.1 Å². The first-order valence-corrected chi connectivity index (χ1v) is 8.88. The summed E-state index contributed by atoms with van der Waals surface area (Å²) in [6.07, 6.45) is 0. The Bertz CT molecular complexity index is 940. The van der Waals surface area contributed by atoms with Gasteiger partial charge in [-0.25, -0.2) is 0 Å². The summed E-state index contributed by atoms with van der Waals surface area (Å²) >= 11 is 0. The van der Waals surface area contributed by atoms with Crippen molar-refractivity contribution >= 4 is 30.4 Å². The summed E-state index contributed by atoms with van der Waals surface area (Å²) < 4.78 is 0. The number of nitrogens with zero attached hydrogens (tertiary/aromatic N) is 1. The Morgan fingerprint density at radius 1 is 0.462 bits per heavy atom. The van der Waals surface area contributed by atoms with Gasteiger partial charge in [-0.15, -0.1) is 0 Å². The standard InChI is InChI=1S/C24H20BN/c25-21-9-7-8-20(18-21)19-14-16-24(17-15-19)26(22-10-3-1-4-11-22)23-12-5-2-6-13-23/h1-18H,25H2. The molecule has 0 aliphatic heterocycles. The minimum Gasteiger partial charge on any atom is -0.311 e. The van der Waals surface area contributed by atoms with E-state index in [-0.39, 0.29) is 0 Å². The van der Waals surface area contributed by atoms with Gasteiger partial charge in [0.05, 0.1) is 0 Å². The van der Waals surface area contributed by atoms with E-state index in [1.165, 1.54) is 16.6 Å². The number of benzene rings is 4. The molecule has 0 aliphatic carbocycles. The molecule has 4 rings (SSSR count). The van der Waals surface area contributed by atoms with Gasteiger partial charge in [-0.2, -0.15) is 0 Å². The zero-order chi connectivity index (χ0) is 17.8. The van der Waals surface area contributed by atoms with E-state index in [2.05, 4.69) is 110 Å². The Morgan fingerprint density at radius 2 is 1.00 bits per heavy atom. The molecule has 0 unspecified atom stereocenters. The van der Waals surface area contributed by atoms with E-state index < -0.39 is 0 Å². The molecule has 1 nitrogen and oxygen atoms in total. The van der Waals surface area contributed by atoms with Crippen LogP contribution in [0.3, 0.4) is 0 Å². The Hall–Kier alpha value is -3.26. The van der Waals surface area contributed by atoms with E-state index >= 15 is 0 Å². The topological polar surface area (TPSA) is 3.24 Å². The zero-order valence-corrected chi connectivity index (χ0v) is 14.8. The third-order valence-electron chi connectivity index (χ3n) is 4.51. The Labute approximate surface area is 156 Å². The van der Waals surface area contributed by atoms with Crippen molar-refractivity contribution < 1.29 is 0 Å². The molecule has 2 heteroatoms. The van der Waals surface area contributed by atoms with E-state index in [9.17, 15) is 0 Å². The quantitative estimate of drug-likeness (QED) is 0.471. The molecule has 0 amide bonds. The predicted octanol–water partition coefficient (Wildman–Crippen LogP) is 5.08. The molecule has 124 valence electrons. The van der Waals surface area contributed by atoms with Gasteiger partial charge in [-0.1, -0.05) is 78.3 Å². The summed E-state index contributed by atoms with van der Waals surface area (Å²) in [6.45, 7) is 0. The molecule has 0 radical (unpaired) electrons. The van der Waals surface area contributed by atoms with Crippen LogP contribution in [-0.2, 0) is 0 Å². The van der Waals surface area contributed by atoms with E-state index in [1.807, 2.05) is 12.1 Å². The molecule has 4 aromatic carbocycles. The van der Waals surface area contributed by atoms with Crippen LogP contribution in [0.15, 0.2) is 109 Å². The van der Waals surface area contributed by atoms with Crippen molar-refractivity contribution in [1.29, 1.82) is 0 Å². The lowest BCUT2D eigenvalue weighted by molar-refractivity contribution is 1.28. The number of hydrogen-bond donors (Lipinski definition) is 0. The minimum atomic E-state index is 1.15. The third-order valence-corrected chi connectivity index (χ3v) is 4.51. The van der Waals surface area contributed by atoms with Crippen molar-refractivity contribution in [2.24, 2.45) is 0 Å². The first kappa shape index (κ1) is 16.2. The van der Waals surface area contributed by atoms with Gasteiger partial charge in [0.2, 0.25) is 0 Å². The maximum absolute atomic E-state index is 2.28. The highest BCUT2D eigenvalue weighted by molar-refractivity contribution is 6.32. The highest BCUT2D eigenvalue weighted by Crippen LogP contribution is 2.35. The maximum atomic E-state index is 2.28. The molecule has 0 heterocycles. The number of anilines is 3. The highest BCUT2D eigenvalue weighted by atomic mass is 15.1. The molecular weight excluding hydrogens is 313 g/mol. The van der Waals surface area contributed by atoms with Crippen molar-refractivity contribution in [2.45, 2.75) is 0 Å². The van der Waals surface area contributed by atoms with Gasteiger partial charge in [-0.05, 0) is 47.5 Å². The molecular formula is C24H20BN.